The van der Waals surface area contributed by atoms with Gasteiger partial charge >= 0.3 is 0 Å². The van der Waals surface area contributed by atoms with E-state index in [1.807, 2.05) is 18.2 Å². The van der Waals surface area contributed by atoms with E-state index in [9.17, 15) is 0 Å². The lowest BCUT2D eigenvalue weighted by atomic mass is 9.93. The van der Waals surface area contributed by atoms with Gasteiger partial charge < -0.3 is 29.7 Å². The summed E-state index contributed by atoms with van der Waals surface area (Å²) in [4.78, 5) is 6.88. The summed E-state index contributed by atoms with van der Waals surface area (Å²) in [5.74, 6) is 1.56. The Hall–Kier alpha value is -2.29. The number of hydrogen-bond acceptors (Lipinski definition) is 7. The number of benzene rings is 1. The smallest absolute Gasteiger partial charge is 0.190 e. The molecule has 1 unspecified atom stereocenters. The molecule has 1 atom stereocenters. The minimum atomic E-state index is -0.989. The van der Waals surface area contributed by atoms with Crippen molar-refractivity contribution >= 4 is 5.84 Å². The molecule has 8 heteroatoms. The van der Waals surface area contributed by atoms with Gasteiger partial charge in [0.05, 0.1) is 13.7 Å². The molecule has 0 amide bonds. The van der Waals surface area contributed by atoms with Crippen molar-refractivity contribution in [1.82, 2.24) is 15.5 Å². The average Bonchev–Trinajstić information content (AvgIpc) is 3.35. The number of nitrogens with two attached hydrogens (primary N) is 1. The van der Waals surface area contributed by atoms with Gasteiger partial charge in [-0.25, -0.2) is 0 Å². The number of amidine groups is 1. The summed E-state index contributed by atoms with van der Waals surface area (Å²) in [6.45, 7) is 5.66. The van der Waals surface area contributed by atoms with E-state index in [1.54, 1.807) is 14.2 Å². The van der Waals surface area contributed by atoms with Crippen molar-refractivity contribution in [1.29, 1.82) is 0 Å². The minimum absolute atomic E-state index is 0.380. The Morgan fingerprint density at radius 3 is 2.69 bits per heavy atom. The normalized spacial score (nSPS) is 25.8. The number of allylic oxidation sites excluding steroid dienone is 1. The molecular formula is C24H37N5O3. The molecule has 2 fully saturated rings. The molecular weight excluding hydrogens is 406 g/mol. The van der Waals surface area contributed by atoms with Crippen LogP contribution in [0.4, 0.5) is 0 Å². The zero-order valence-electron chi connectivity index (χ0n) is 19.4. The minimum Gasteiger partial charge on any atom is -0.493 e. The monoisotopic (exact) mass is 443 g/mol. The summed E-state index contributed by atoms with van der Waals surface area (Å²) < 4.78 is 17.2. The number of methoxy groups -OCH3 is 1. The molecule has 4 rings (SSSR count). The van der Waals surface area contributed by atoms with E-state index in [-0.39, 0.29) is 0 Å². The van der Waals surface area contributed by atoms with E-state index >= 15 is 0 Å². The Balaban J connectivity index is 1.48. The number of rotatable bonds is 8. The predicted molar refractivity (Wildman–Crippen MR) is 126 cm³/mol. The molecule has 0 aliphatic carbocycles. The first-order chi connectivity index (χ1) is 15.6. The molecule has 4 N–H and O–H groups in total. The van der Waals surface area contributed by atoms with Crippen LogP contribution in [-0.2, 0) is 10.5 Å². The fourth-order valence-corrected chi connectivity index (χ4v) is 4.68. The number of likely N-dealkylation sites (tertiary alicyclic amines) is 1. The molecule has 1 aromatic rings. The number of hydrogen-bond donors (Lipinski definition) is 3. The quantitative estimate of drug-likeness (QED) is 0.530. The standard InChI is InChI=1S/C24H37N5O3/c1-26-23-17-20(18-8-14-31-15-9-18)27-24(25,28-23)19-6-7-21(30-2)22(16-19)32-13-5-12-29-10-3-4-11-29/h6-7,16-18,27H,3-5,8-15,25H2,1-2H3,(H,26,28). The molecule has 3 heterocycles. The molecule has 3 aliphatic heterocycles. The van der Waals surface area contributed by atoms with Gasteiger partial charge in [0.1, 0.15) is 5.84 Å². The van der Waals surface area contributed by atoms with Crippen LogP contribution < -0.4 is 25.8 Å². The Morgan fingerprint density at radius 2 is 1.97 bits per heavy atom. The van der Waals surface area contributed by atoms with Crippen molar-refractivity contribution in [3.63, 3.8) is 0 Å². The fourth-order valence-electron chi connectivity index (χ4n) is 4.68. The van der Waals surface area contributed by atoms with Gasteiger partial charge in [0, 0.05) is 44.0 Å². The predicted octanol–water partition coefficient (Wildman–Crippen LogP) is 2.16. The van der Waals surface area contributed by atoms with Crippen LogP contribution in [0.5, 0.6) is 11.5 Å². The van der Waals surface area contributed by atoms with Gasteiger partial charge in [0.25, 0.3) is 0 Å². The van der Waals surface area contributed by atoms with Crippen LogP contribution in [0.1, 0.15) is 37.7 Å². The van der Waals surface area contributed by atoms with E-state index in [2.05, 4.69) is 26.6 Å². The fraction of sp³-hybridized carbons (Fsp3) is 0.625. The maximum atomic E-state index is 6.86. The summed E-state index contributed by atoms with van der Waals surface area (Å²) in [7, 11) is 3.43. The number of ether oxygens (including phenoxy) is 3. The van der Waals surface area contributed by atoms with Crippen LogP contribution in [-0.4, -0.2) is 64.3 Å². The van der Waals surface area contributed by atoms with E-state index in [4.69, 9.17) is 19.9 Å². The van der Waals surface area contributed by atoms with Crippen molar-refractivity contribution < 1.29 is 14.2 Å². The number of nitrogens with one attached hydrogen (secondary N) is 2. The first kappa shape index (κ1) is 22.9. The first-order valence-corrected chi connectivity index (χ1v) is 11.8. The molecule has 0 aromatic heterocycles. The Bertz CT molecular complexity index is 831. The summed E-state index contributed by atoms with van der Waals surface area (Å²) in [6, 6.07) is 5.85. The second-order valence-corrected chi connectivity index (χ2v) is 8.77. The van der Waals surface area contributed by atoms with Gasteiger partial charge in [0.15, 0.2) is 17.3 Å². The Labute approximate surface area is 191 Å². The highest BCUT2D eigenvalue weighted by molar-refractivity contribution is 5.95. The van der Waals surface area contributed by atoms with Gasteiger partial charge in [-0.05, 0) is 69.5 Å². The summed E-state index contributed by atoms with van der Waals surface area (Å²) >= 11 is 0. The van der Waals surface area contributed by atoms with Gasteiger partial charge in [0.2, 0.25) is 0 Å². The average molecular weight is 444 g/mol. The molecule has 0 saturated carbocycles. The van der Waals surface area contributed by atoms with Crippen LogP contribution in [0.15, 0.2) is 35.0 Å². The Kier molecular flexibility index (Phi) is 7.55. The van der Waals surface area contributed by atoms with Gasteiger partial charge in [-0.1, -0.05) is 0 Å². The number of aliphatic imine (C=N–C) groups is 1. The van der Waals surface area contributed by atoms with Crippen molar-refractivity contribution in [2.24, 2.45) is 16.6 Å². The molecule has 2 saturated heterocycles. The second kappa shape index (κ2) is 10.6. The zero-order valence-corrected chi connectivity index (χ0v) is 19.4. The van der Waals surface area contributed by atoms with E-state index < -0.39 is 5.79 Å². The van der Waals surface area contributed by atoms with Crippen LogP contribution in [0, 0.1) is 5.92 Å². The molecule has 0 spiro atoms. The highest BCUT2D eigenvalue weighted by Gasteiger charge is 2.35. The summed E-state index contributed by atoms with van der Waals surface area (Å²) in [6.07, 6.45) is 7.60. The zero-order chi connectivity index (χ0) is 22.4. The van der Waals surface area contributed by atoms with Gasteiger partial charge in [-0.2, -0.15) is 0 Å². The summed E-state index contributed by atoms with van der Waals surface area (Å²) in [5.41, 5.74) is 8.83. The van der Waals surface area contributed by atoms with Crippen molar-refractivity contribution in [3.8, 4) is 11.5 Å². The van der Waals surface area contributed by atoms with Crippen molar-refractivity contribution in [2.75, 3.05) is 53.6 Å². The molecule has 1 aromatic carbocycles. The number of nitrogens with zero attached hydrogens (tertiary/aromatic N) is 2. The van der Waals surface area contributed by atoms with Crippen molar-refractivity contribution in [2.45, 2.75) is 37.9 Å². The first-order valence-electron chi connectivity index (χ1n) is 11.8. The lowest BCUT2D eigenvalue weighted by Gasteiger charge is -2.41. The highest BCUT2D eigenvalue weighted by atomic mass is 16.5. The molecule has 32 heavy (non-hydrogen) atoms. The van der Waals surface area contributed by atoms with Gasteiger partial charge in [-0.15, -0.1) is 0 Å². The van der Waals surface area contributed by atoms with E-state index in [1.165, 1.54) is 25.9 Å². The topological polar surface area (TPSA) is 93.4 Å². The van der Waals surface area contributed by atoms with Crippen molar-refractivity contribution in [3.05, 3.63) is 35.5 Å². The van der Waals surface area contributed by atoms with Gasteiger partial charge in [-0.3, -0.25) is 10.7 Å². The maximum absolute atomic E-state index is 6.86. The largest absolute Gasteiger partial charge is 0.493 e. The summed E-state index contributed by atoms with van der Waals surface area (Å²) in [5, 5.41) is 6.88. The van der Waals surface area contributed by atoms with Crippen LogP contribution in [0.25, 0.3) is 0 Å². The second-order valence-electron chi connectivity index (χ2n) is 8.77. The molecule has 3 aliphatic rings. The lowest BCUT2D eigenvalue weighted by molar-refractivity contribution is 0.0718. The third-order valence-electron chi connectivity index (χ3n) is 6.55. The van der Waals surface area contributed by atoms with Crippen LogP contribution >= 0.6 is 0 Å². The van der Waals surface area contributed by atoms with E-state index in [0.717, 1.165) is 56.1 Å². The molecule has 0 bridgehead atoms. The van der Waals surface area contributed by atoms with Crippen LogP contribution in [0.2, 0.25) is 0 Å². The Morgan fingerprint density at radius 1 is 1.19 bits per heavy atom. The molecule has 8 nitrogen and oxygen atoms in total. The SMILES string of the molecule is CN=C1C=C(C2CCOCC2)NC(N)(c2ccc(OC)c(OCCCN3CCCC3)c2)N1. The lowest BCUT2D eigenvalue weighted by Crippen LogP contribution is -2.65. The molecule has 0 radical (unpaired) electrons. The molecule has 176 valence electrons. The highest BCUT2D eigenvalue weighted by Crippen LogP contribution is 2.33. The van der Waals surface area contributed by atoms with E-state index in [0.29, 0.717) is 24.0 Å². The maximum Gasteiger partial charge on any atom is 0.190 e. The van der Waals surface area contributed by atoms with Crippen LogP contribution in [0.3, 0.4) is 0 Å². The third kappa shape index (κ3) is 5.36. The third-order valence-corrected chi connectivity index (χ3v) is 6.55.